The number of imidazole rings is 1. The number of benzene rings is 3. The van der Waals surface area contributed by atoms with E-state index in [1.54, 1.807) is 60.7 Å². The Kier molecular flexibility index (Phi) is 5.69. The van der Waals surface area contributed by atoms with E-state index in [-0.39, 0.29) is 11.0 Å². The van der Waals surface area contributed by atoms with Crippen molar-refractivity contribution < 1.29 is 22.7 Å². The Morgan fingerprint density at radius 3 is 2.23 bits per heavy atom. The molecule has 4 aromatic rings. The summed E-state index contributed by atoms with van der Waals surface area (Å²) in [6.07, 6.45) is -5.51. The number of hydrogen-bond donors (Lipinski definition) is 0. The molecule has 1 heterocycles. The van der Waals surface area contributed by atoms with Gasteiger partial charge in [-0.05, 0) is 35.4 Å². The number of rotatable bonds is 5. The molecule has 0 aliphatic carbocycles. The maximum atomic E-state index is 13.5. The van der Waals surface area contributed by atoms with E-state index < -0.39 is 30.6 Å². The molecule has 1 atom stereocenters. The second kappa shape index (κ2) is 8.43. The van der Waals surface area contributed by atoms with Crippen molar-refractivity contribution in [3.63, 3.8) is 0 Å². The summed E-state index contributed by atoms with van der Waals surface area (Å²) in [5.41, 5.74) is 1.69. The minimum atomic E-state index is -4.71. The van der Waals surface area contributed by atoms with Crippen LogP contribution in [0.2, 0.25) is 5.02 Å². The molecule has 0 saturated carbocycles. The first-order chi connectivity index (χ1) is 14.8. The highest BCUT2D eigenvalue weighted by atomic mass is 35.5. The Hall–Kier alpha value is -3.32. The van der Waals surface area contributed by atoms with Gasteiger partial charge in [-0.3, -0.25) is 4.79 Å². The molecule has 31 heavy (non-hydrogen) atoms. The fourth-order valence-corrected chi connectivity index (χ4v) is 3.47. The Morgan fingerprint density at radius 1 is 0.935 bits per heavy atom. The third-order valence-corrected chi connectivity index (χ3v) is 4.97. The van der Waals surface area contributed by atoms with Gasteiger partial charge in [0, 0.05) is 5.02 Å². The summed E-state index contributed by atoms with van der Waals surface area (Å²) in [5.74, 6) is -1.97. The number of nitrogens with zero attached hydrogens (tertiary/aromatic N) is 2. The molecule has 1 aromatic heterocycles. The molecule has 0 fully saturated rings. The van der Waals surface area contributed by atoms with Crippen LogP contribution in [-0.2, 0) is 22.3 Å². The zero-order chi connectivity index (χ0) is 22.0. The van der Waals surface area contributed by atoms with Crippen molar-refractivity contribution in [1.29, 1.82) is 0 Å². The molecular formula is C23H16ClF3N2O2. The SMILES string of the molecule is O=C(Cn1c(C(F)(F)F)nc2ccccc21)OC(c1ccccc1)c1ccc(Cl)cc1. The molecule has 0 amide bonds. The third-order valence-electron chi connectivity index (χ3n) is 4.72. The molecular weight excluding hydrogens is 429 g/mol. The number of hydrogen-bond acceptors (Lipinski definition) is 3. The number of alkyl halides is 3. The van der Waals surface area contributed by atoms with Gasteiger partial charge in [0.1, 0.15) is 6.54 Å². The van der Waals surface area contributed by atoms with Crippen molar-refractivity contribution >= 4 is 28.6 Å². The Labute approximate surface area is 180 Å². The van der Waals surface area contributed by atoms with Gasteiger partial charge in [0.25, 0.3) is 0 Å². The number of carbonyl (C=O) groups excluding carboxylic acids is 1. The Balaban J connectivity index is 1.67. The highest BCUT2D eigenvalue weighted by Gasteiger charge is 2.38. The number of aromatic nitrogens is 2. The average molecular weight is 445 g/mol. The van der Waals surface area contributed by atoms with E-state index in [1.807, 2.05) is 6.07 Å². The van der Waals surface area contributed by atoms with Crippen molar-refractivity contribution in [3.05, 3.63) is 101 Å². The topological polar surface area (TPSA) is 44.1 Å². The molecule has 0 radical (unpaired) electrons. The van der Waals surface area contributed by atoms with Crippen molar-refractivity contribution in [2.24, 2.45) is 0 Å². The molecule has 158 valence electrons. The lowest BCUT2D eigenvalue weighted by molar-refractivity contribution is -0.152. The number of fused-ring (bicyclic) bond motifs is 1. The molecule has 1 unspecified atom stereocenters. The van der Waals surface area contributed by atoms with Crippen LogP contribution in [0.1, 0.15) is 23.1 Å². The quantitative estimate of drug-likeness (QED) is 0.352. The number of esters is 1. The van der Waals surface area contributed by atoms with E-state index in [0.29, 0.717) is 16.1 Å². The van der Waals surface area contributed by atoms with Gasteiger partial charge in [0.15, 0.2) is 6.10 Å². The van der Waals surface area contributed by atoms with Crippen molar-refractivity contribution in [2.45, 2.75) is 18.8 Å². The number of para-hydroxylation sites is 2. The molecule has 3 aromatic carbocycles. The van der Waals surface area contributed by atoms with Gasteiger partial charge >= 0.3 is 12.1 Å². The van der Waals surface area contributed by atoms with Crippen LogP contribution in [0.5, 0.6) is 0 Å². The molecule has 0 bridgehead atoms. The predicted molar refractivity (Wildman–Crippen MR) is 111 cm³/mol. The van der Waals surface area contributed by atoms with Crippen molar-refractivity contribution in [3.8, 4) is 0 Å². The van der Waals surface area contributed by atoms with Crippen molar-refractivity contribution in [2.75, 3.05) is 0 Å². The van der Waals surface area contributed by atoms with Crippen LogP contribution in [0.25, 0.3) is 11.0 Å². The standard InChI is InChI=1S/C23H16ClF3N2O2/c24-17-12-10-16(11-13-17)21(15-6-2-1-3-7-15)31-20(30)14-29-19-9-5-4-8-18(19)28-22(29)23(25,26)27/h1-13,21H,14H2. The number of ether oxygens (including phenoxy) is 1. The Morgan fingerprint density at radius 2 is 1.55 bits per heavy atom. The maximum absolute atomic E-state index is 13.5. The van der Waals surface area contributed by atoms with E-state index in [9.17, 15) is 18.0 Å². The van der Waals surface area contributed by atoms with Crippen LogP contribution in [0.15, 0.2) is 78.9 Å². The lowest BCUT2D eigenvalue weighted by Crippen LogP contribution is -2.22. The summed E-state index contributed by atoms with van der Waals surface area (Å²) in [5, 5.41) is 0.515. The highest BCUT2D eigenvalue weighted by Crippen LogP contribution is 2.32. The fraction of sp³-hybridized carbons (Fsp3) is 0.130. The minimum Gasteiger partial charge on any atom is -0.451 e. The monoisotopic (exact) mass is 444 g/mol. The summed E-state index contributed by atoms with van der Waals surface area (Å²) in [6.45, 7) is -0.633. The van der Waals surface area contributed by atoms with Crippen LogP contribution < -0.4 is 0 Å². The van der Waals surface area contributed by atoms with Gasteiger partial charge < -0.3 is 9.30 Å². The summed E-state index contributed by atoms with van der Waals surface area (Å²) in [4.78, 5) is 16.5. The van der Waals surface area contributed by atoms with Crippen LogP contribution in [0, 0.1) is 0 Å². The first-order valence-electron chi connectivity index (χ1n) is 9.35. The fourth-order valence-electron chi connectivity index (χ4n) is 3.34. The van der Waals surface area contributed by atoms with E-state index in [0.717, 1.165) is 4.57 Å². The molecule has 0 N–H and O–H groups in total. The van der Waals surface area contributed by atoms with Crippen LogP contribution in [0.3, 0.4) is 0 Å². The lowest BCUT2D eigenvalue weighted by Gasteiger charge is -2.20. The van der Waals surface area contributed by atoms with Crippen LogP contribution in [-0.4, -0.2) is 15.5 Å². The first kappa shape index (κ1) is 20.9. The predicted octanol–water partition coefficient (Wildman–Crippen LogP) is 6.04. The molecule has 0 saturated heterocycles. The molecule has 4 nitrogen and oxygen atoms in total. The summed E-state index contributed by atoms with van der Waals surface area (Å²) < 4.78 is 47.0. The van der Waals surface area contributed by atoms with E-state index >= 15 is 0 Å². The second-order valence-corrected chi connectivity index (χ2v) is 7.28. The summed E-state index contributed by atoms with van der Waals surface area (Å²) in [7, 11) is 0. The smallest absolute Gasteiger partial charge is 0.449 e. The molecule has 0 aliphatic rings. The van der Waals surface area contributed by atoms with Gasteiger partial charge in [-0.25, -0.2) is 4.98 Å². The van der Waals surface area contributed by atoms with Gasteiger partial charge in [-0.1, -0.05) is 66.2 Å². The normalized spacial score (nSPS) is 12.6. The summed E-state index contributed by atoms with van der Waals surface area (Å²) >= 11 is 5.95. The van der Waals surface area contributed by atoms with Gasteiger partial charge in [-0.15, -0.1) is 0 Å². The Bertz CT molecular complexity index is 1210. The first-order valence-corrected chi connectivity index (χ1v) is 9.73. The average Bonchev–Trinajstić information content (AvgIpc) is 3.12. The lowest BCUT2D eigenvalue weighted by atomic mass is 10.0. The maximum Gasteiger partial charge on any atom is 0.449 e. The van der Waals surface area contributed by atoms with Crippen LogP contribution >= 0.6 is 11.6 Å². The second-order valence-electron chi connectivity index (χ2n) is 6.84. The largest absolute Gasteiger partial charge is 0.451 e. The molecule has 4 rings (SSSR count). The zero-order valence-electron chi connectivity index (χ0n) is 16.0. The zero-order valence-corrected chi connectivity index (χ0v) is 16.8. The van der Waals surface area contributed by atoms with Gasteiger partial charge in [0.05, 0.1) is 11.0 Å². The molecule has 0 spiro atoms. The summed E-state index contributed by atoms with van der Waals surface area (Å²) in [6, 6.07) is 21.8. The highest BCUT2D eigenvalue weighted by molar-refractivity contribution is 6.30. The minimum absolute atomic E-state index is 0.153. The van der Waals surface area contributed by atoms with E-state index in [1.165, 1.54) is 12.1 Å². The number of halogens is 4. The third kappa shape index (κ3) is 4.56. The molecule has 8 heteroatoms. The van der Waals surface area contributed by atoms with E-state index in [4.69, 9.17) is 16.3 Å². The van der Waals surface area contributed by atoms with Gasteiger partial charge in [-0.2, -0.15) is 13.2 Å². The van der Waals surface area contributed by atoms with Crippen molar-refractivity contribution in [1.82, 2.24) is 9.55 Å². The van der Waals surface area contributed by atoms with Crippen LogP contribution in [0.4, 0.5) is 13.2 Å². The van der Waals surface area contributed by atoms with Gasteiger partial charge in [0.2, 0.25) is 5.82 Å². The van der Waals surface area contributed by atoms with E-state index in [2.05, 4.69) is 4.98 Å². The number of carbonyl (C=O) groups is 1. The molecule has 0 aliphatic heterocycles.